The maximum Gasteiger partial charge on any atom is 0.331 e. The van der Waals surface area contributed by atoms with E-state index in [0.717, 1.165) is 12.1 Å². The number of hydrogen-bond acceptors (Lipinski definition) is 6. The summed E-state index contributed by atoms with van der Waals surface area (Å²) in [6.45, 7) is 1.28. The number of benzene rings is 2. The second kappa shape index (κ2) is 10.8. The van der Waals surface area contributed by atoms with Gasteiger partial charge in [0.1, 0.15) is 11.9 Å². The van der Waals surface area contributed by atoms with Crippen LogP contribution in [0.5, 0.6) is 11.5 Å². The average Bonchev–Trinajstić information content (AvgIpc) is 2.73. The van der Waals surface area contributed by atoms with Crippen LogP contribution in [0.2, 0.25) is 5.02 Å². The second-order valence-corrected chi connectivity index (χ2v) is 6.29. The summed E-state index contributed by atoms with van der Waals surface area (Å²) in [4.78, 5) is 24.1. The van der Waals surface area contributed by atoms with Gasteiger partial charge in [0.25, 0.3) is 5.91 Å². The predicted molar refractivity (Wildman–Crippen MR) is 109 cm³/mol. The molecule has 1 amide bonds. The Morgan fingerprint density at radius 3 is 2.70 bits per heavy atom. The van der Waals surface area contributed by atoms with E-state index in [1.165, 1.54) is 32.2 Å². The van der Waals surface area contributed by atoms with E-state index in [-0.39, 0.29) is 17.3 Å². The summed E-state index contributed by atoms with van der Waals surface area (Å²) in [5.41, 5.74) is 0.891. The number of anilines is 1. The zero-order valence-electron chi connectivity index (χ0n) is 16.1. The van der Waals surface area contributed by atoms with Gasteiger partial charge in [0.15, 0.2) is 24.2 Å². The number of hydrogen-bond donors (Lipinski definition) is 1. The highest BCUT2D eigenvalue weighted by molar-refractivity contribution is 6.31. The number of carbonyl (C=O) groups is 2. The first kappa shape index (κ1) is 22.7. The number of methoxy groups -OCH3 is 1. The number of esters is 1. The van der Waals surface area contributed by atoms with Crippen LogP contribution in [0.15, 0.2) is 42.5 Å². The fourth-order valence-electron chi connectivity index (χ4n) is 2.27. The molecule has 156 valence electrons. The SMILES string of the molecule is COc1cc(/C=C/C(=O)OC(C)C(=O)Nc2ccc(F)c(Cl)c2)ccc1OCC#N. The van der Waals surface area contributed by atoms with E-state index in [1.807, 2.05) is 6.07 Å². The van der Waals surface area contributed by atoms with Gasteiger partial charge < -0.3 is 19.5 Å². The Balaban J connectivity index is 1.95. The van der Waals surface area contributed by atoms with Gasteiger partial charge in [0.2, 0.25) is 0 Å². The van der Waals surface area contributed by atoms with Gasteiger partial charge in [-0.15, -0.1) is 0 Å². The quantitative estimate of drug-likeness (QED) is 0.500. The van der Waals surface area contributed by atoms with Crippen molar-refractivity contribution in [2.24, 2.45) is 0 Å². The molecule has 0 saturated carbocycles. The first-order chi connectivity index (χ1) is 14.3. The van der Waals surface area contributed by atoms with Crippen molar-refractivity contribution in [1.82, 2.24) is 0 Å². The third-order valence-corrected chi connectivity index (χ3v) is 4.03. The fourth-order valence-corrected chi connectivity index (χ4v) is 2.45. The molecule has 0 aliphatic rings. The van der Waals surface area contributed by atoms with Gasteiger partial charge in [0.05, 0.1) is 12.1 Å². The summed E-state index contributed by atoms with van der Waals surface area (Å²) >= 11 is 5.67. The van der Waals surface area contributed by atoms with Crippen molar-refractivity contribution >= 4 is 35.2 Å². The van der Waals surface area contributed by atoms with Crippen LogP contribution in [-0.2, 0) is 14.3 Å². The summed E-state index contributed by atoms with van der Waals surface area (Å²) in [7, 11) is 1.45. The maximum atomic E-state index is 13.2. The first-order valence-electron chi connectivity index (χ1n) is 8.66. The van der Waals surface area contributed by atoms with E-state index in [2.05, 4.69) is 5.32 Å². The molecule has 2 rings (SSSR count). The van der Waals surface area contributed by atoms with Crippen LogP contribution in [0.1, 0.15) is 12.5 Å². The molecule has 1 atom stereocenters. The molecule has 7 nitrogen and oxygen atoms in total. The van der Waals surface area contributed by atoms with Crippen LogP contribution in [0, 0.1) is 17.1 Å². The summed E-state index contributed by atoms with van der Waals surface area (Å²) in [6, 6.07) is 10.4. The van der Waals surface area contributed by atoms with E-state index >= 15 is 0 Å². The molecule has 1 N–H and O–H groups in total. The lowest BCUT2D eigenvalue weighted by Crippen LogP contribution is -2.29. The summed E-state index contributed by atoms with van der Waals surface area (Å²) in [6.07, 6.45) is 1.54. The fraction of sp³-hybridized carbons (Fsp3) is 0.190. The predicted octanol–water partition coefficient (Wildman–Crippen LogP) is 3.97. The average molecular weight is 433 g/mol. The lowest BCUT2D eigenvalue weighted by molar-refractivity contribution is -0.148. The van der Waals surface area contributed by atoms with E-state index in [9.17, 15) is 14.0 Å². The third-order valence-electron chi connectivity index (χ3n) is 3.74. The van der Waals surface area contributed by atoms with Crippen molar-refractivity contribution in [1.29, 1.82) is 5.26 Å². The molecular formula is C21H18ClFN2O5. The zero-order chi connectivity index (χ0) is 22.1. The molecule has 0 bridgehead atoms. The Kier molecular flexibility index (Phi) is 8.20. The van der Waals surface area contributed by atoms with Gasteiger partial charge in [-0.3, -0.25) is 4.79 Å². The molecule has 0 spiro atoms. The number of carbonyl (C=O) groups excluding carboxylic acids is 2. The van der Waals surface area contributed by atoms with E-state index in [4.69, 9.17) is 31.1 Å². The van der Waals surface area contributed by atoms with Crippen LogP contribution in [0.3, 0.4) is 0 Å². The number of nitrogens with zero attached hydrogens (tertiary/aromatic N) is 1. The molecular weight excluding hydrogens is 415 g/mol. The molecule has 0 aliphatic heterocycles. The Morgan fingerprint density at radius 1 is 1.27 bits per heavy atom. The number of nitrogens with one attached hydrogen (secondary N) is 1. The van der Waals surface area contributed by atoms with Crippen molar-refractivity contribution in [3.8, 4) is 17.6 Å². The molecule has 1 unspecified atom stereocenters. The van der Waals surface area contributed by atoms with Crippen LogP contribution in [0.25, 0.3) is 6.08 Å². The highest BCUT2D eigenvalue weighted by atomic mass is 35.5. The Labute approximate surface area is 177 Å². The molecule has 0 aromatic heterocycles. The van der Waals surface area contributed by atoms with Gasteiger partial charge in [-0.2, -0.15) is 5.26 Å². The summed E-state index contributed by atoms with van der Waals surface area (Å²) in [5, 5.41) is 10.9. The Morgan fingerprint density at radius 2 is 2.03 bits per heavy atom. The zero-order valence-corrected chi connectivity index (χ0v) is 16.9. The lowest BCUT2D eigenvalue weighted by Gasteiger charge is -2.12. The van der Waals surface area contributed by atoms with Crippen molar-refractivity contribution in [3.63, 3.8) is 0 Å². The monoisotopic (exact) mass is 432 g/mol. The normalized spacial score (nSPS) is 11.4. The molecule has 0 aliphatic carbocycles. The molecule has 0 heterocycles. The number of nitriles is 1. The van der Waals surface area contributed by atoms with Crippen LogP contribution < -0.4 is 14.8 Å². The first-order valence-corrected chi connectivity index (χ1v) is 9.04. The van der Waals surface area contributed by atoms with Gasteiger partial charge in [-0.05, 0) is 48.9 Å². The van der Waals surface area contributed by atoms with Crippen LogP contribution >= 0.6 is 11.6 Å². The second-order valence-electron chi connectivity index (χ2n) is 5.89. The van der Waals surface area contributed by atoms with Crippen molar-refractivity contribution in [2.75, 3.05) is 19.0 Å². The number of halogens is 2. The summed E-state index contributed by atoms with van der Waals surface area (Å²) < 4.78 is 28.6. The number of amides is 1. The van der Waals surface area contributed by atoms with Gasteiger partial charge in [-0.1, -0.05) is 17.7 Å². The van der Waals surface area contributed by atoms with Gasteiger partial charge >= 0.3 is 5.97 Å². The highest BCUT2D eigenvalue weighted by Gasteiger charge is 2.17. The van der Waals surface area contributed by atoms with E-state index < -0.39 is 23.8 Å². The summed E-state index contributed by atoms with van der Waals surface area (Å²) in [5.74, 6) is -1.16. The Bertz CT molecular complexity index is 1000. The number of ether oxygens (including phenoxy) is 3. The van der Waals surface area contributed by atoms with Gasteiger partial charge in [0, 0.05) is 11.8 Å². The van der Waals surface area contributed by atoms with Gasteiger partial charge in [-0.25, -0.2) is 9.18 Å². The lowest BCUT2D eigenvalue weighted by atomic mass is 10.2. The van der Waals surface area contributed by atoms with Crippen molar-refractivity contribution < 1.29 is 28.2 Å². The molecule has 9 heteroatoms. The van der Waals surface area contributed by atoms with Crippen molar-refractivity contribution in [3.05, 3.63) is 58.9 Å². The van der Waals surface area contributed by atoms with Crippen molar-refractivity contribution in [2.45, 2.75) is 13.0 Å². The molecule has 0 saturated heterocycles. The smallest absolute Gasteiger partial charge is 0.331 e. The molecule has 0 radical (unpaired) electrons. The molecule has 30 heavy (non-hydrogen) atoms. The van der Waals surface area contributed by atoms with Crippen LogP contribution in [-0.4, -0.2) is 31.7 Å². The highest BCUT2D eigenvalue weighted by Crippen LogP contribution is 2.28. The topological polar surface area (TPSA) is 97.7 Å². The molecule has 0 fully saturated rings. The molecule has 2 aromatic carbocycles. The minimum absolute atomic E-state index is 0.123. The maximum absolute atomic E-state index is 13.2. The minimum Gasteiger partial charge on any atom is -0.493 e. The minimum atomic E-state index is -1.10. The largest absolute Gasteiger partial charge is 0.493 e. The number of rotatable bonds is 8. The molecule has 2 aromatic rings. The van der Waals surface area contributed by atoms with Crippen LogP contribution in [0.4, 0.5) is 10.1 Å². The van der Waals surface area contributed by atoms with E-state index in [1.54, 1.807) is 18.2 Å². The third kappa shape index (κ3) is 6.50. The standard InChI is InChI=1S/C21H18ClFN2O5/c1-13(21(27)25-15-5-6-17(23)16(22)12-15)30-20(26)8-4-14-3-7-18(29-10-9-24)19(11-14)28-2/h3-8,11-13H,10H2,1-2H3,(H,25,27)/b8-4+. The van der Waals surface area contributed by atoms with E-state index in [0.29, 0.717) is 17.1 Å². The Hall–Kier alpha value is -3.57.